The SMILES string of the molecule is CNC(=O)C(Cc1ccccc1)N(Cc1ccc(Cl)cc1Cl)C(=O)CN(c1ccc(C)c(Cl)c1)S(=O)(=O)c1ccc(C)cc1. The fourth-order valence-electron chi connectivity index (χ4n) is 4.66. The molecule has 0 bridgehead atoms. The number of benzene rings is 4. The highest BCUT2D eigenvalue weighted by Crippen LogP contribution is 2.30. The Balaban J connectivity index is 1.82. The Hall–Kier alpha value is -3.56. The predicted octanol–water partition coefficient (Wildman–Crippen LogP) is 6.85. The van der Waals surface area contributed by atoms with Gasteiger partial charge in [0.1, 0.15) is 12.6 Å². The van der Waals surface area contributed by atoms with Crippen molar-refractivity contribution in [2.45, 2.75) is 37.8 Å². The van der Waals surface area contributed by atoms with Gasteiger partial charge in [0, 0.05) is 35.1 Å². The molecule has 1 N–H and O–H groups in total. The molecule has 230 valence electrons. The van der Waals surface area contributed by atoms with Crippen LogP contribution in [-0.4, -0.2) is 44.8 Å². The number of nitrogens with one attached hydrogen (secondary N) is 1. The molecule has 0 aromatic heterocycles. The van der Waals surface area contributed by atoms with Gasteiger partial charge < -0.3 is 10.2 Å². The first-order valence-corrected chi connectivity index (χ1v) is 16.3. The van der Waals surface area contributed by atoms with Crippen molar-refractivity contribution in [3.63, 3.8) is 0 Å². The van der Waals surface area contributed by atoms with E-state index in [0.29, 0.717) is 20.6 Å². The van der Waals surface area contributed by atoms with Crippen LogP contribution in [0.5, 0.6) is 0 Å². The first kappa shape index (κ1) is 33.3. The summed E-state index contributed by atoms with van der Waals surface area (Å²) in [7, 11) is -2.76. The highest BCUT2D eigenvalue weighted by Gasteiger charge is 2.34. The fraction of sp³-hybridized carbons (Fsp3) is 0.212. The van der Waals surface area contributed by atoms with E-state index in [1.165, 1.54) is 30.1 Å². The zero-order valence-electron chi connectivity index (χ0n) is 24.4. The van der Waals surface area contributed by atoms with Gasteiger partial charge in [-0.2, -0.15) is 0 Å². The third kappa shape index (κ3) is 7.93. The van der Waals surface area contributed by atoms with Crippen molar-refractivity contribution >= 4 is 62.3 Å². The number of anilines is 1. The van der Waals surface area contributed by atoms with E-state index in [9.17, 15) is 18.0 Å². The summed E-state index contributed by atoms with van der Waals surface area (Å²) in [4.78, 5) is 29.1. The standard InChI is InChI=1S/C33H32Cl3N3O4S/c1-22-9-15-28(16-10-22)44(42,43)39(27-14-11-23(2)29(35)19-27)21-32(40)38(20-25-12-13-26(34)18-30(25)36)31(33(41)37-3)17-24-7-5-4-6-8-24/h4-16,18-19,31H,17,20-21H2,1-3H3,(H,37,41). The minimum Gasteiger partial charge on any atom is -0.357 e. The Morgan fingerprint density at radius 2 is 1.52 bits per heavy atom. The van der Waals surface area contributed by atoms with Crippen molar-refractivity contribution < 1.29 is 18.0 Å². The number of rotatable bonds is 11. The highest BCUT2D eigenvalue weighted by atomic mass is 35.5. The average molecular weight is 673 g/mol. The molecule has 4 aromatic carbocycles. The average Bonchev–Trinajstić information content (AvgIpc) is 3.00. The molecule has 0 aliphatic carbocycles. The summed E-state index contributed by atoms with van der Waals surface area (Å²) in [6.45, 7) is 2.96. The van der Waals surface area contributed by atoms with Gasteiger partial charge in [0.05, 0.1) is 10.6 Å². The van der Waals surface area contributed by atoms with Crippen LogP contribution in [0.4, 0.5) is 5.69 Å². The third-order valence-corrected chi connectivity index (χ3v) is 9.99. The number of likely N-dealkylation sites (N-methyl/N-ethyl adjacent to an activating group) is 1. The highest BCUT2D eigenvalue weighted by molar-refractivity contribution is 7.92. The first-order chi connectivity index (χ1) is 20.9. The van der Waals surface area contributed by atoms with Gasteiger partial charge >= 0.3 is 0 Å². The number of sulfonamides is 1. The van der Waals surface area contributed by atoms with Crippen LogP contribution in [0.1, 0.15) is 22.3 Å². The lowest BCUT2D eigenvalue weighted by Crippen LogP contribution is -2.53. The molecule has 1 unspecified atom stereocenters. The van der Waals surface area contributed by atoms with Crippen LogP contribution < -0.4 is 9.62 Å². The van der Waals surface area contributed by atoms with Crippen molar-refractivity contribution in [1.82, 2.24) is 10.2 Å². The van der Waals surface area contributed by atoms with E-state index in [1.54, 1.807) is 49.4 Å². The van der Waals surface area contributed by atoms with E-state index in [2.05, 4.69) is 5.32 Å². The molecule has 44 heavy (non-hydrogen) atoms. The zero-order chi connectivity index (χ0) is 32.0. The predicted molar refractivity (Wildman–Crippen MR) is 177 cm³/mol. The summed E-state index contributed by atoms with van der Waals surface area (Å²) in [5, 5.41) is 3.72. The van der Waals surface area contributed by atoms with Crippen LogP contribution in [0.2, 0.25) is 15.1 Å². The zero-order valence-corrected chi connectivity index (χ0v) is 27.5. The largest absolute Gasteiger partial charge is 0.357 e. The van der Waals surface area contributed by atoms with Crippen molar-refractivity contribution in [1.29, 1.82) is 0 Å². The molecular weight excluding hydrogens is 641 g/mol. The van der Waals surface area contributed by atoms with Gasteiger partial charge in [-0.3, -0.25) is 13.9 Å². The lowest BCUT2D eigenvalue weighted by Gasteiger charge is -2.34. The van der Waals surface area contributed by atoms with Gasteiger partial charge in [-0.05, 0) is 66.9 Å². The Bertz CT molecular complexity index is 1750. The van der Waals surface area contributed by atoms with Gasteiger partial charge in [0.15, 0.2) is 0 Å². The molecule has 0 radical (unpaired) electrons. The minimum atomic E-state index is -4.24. The van der Waals surface area contributed by atoms with E-state index in [-0.39, 0.29) is 23.5 Å². The second-order valence-corrected chi connectivity index (χ2v) is 13.4. The molecular formula is C33H32Cl3N3O4S. The van der Waals surface area contributed by atoms with Gasteiger partial charge in [-0.1, -0.05) is 95.0 Å². The van der Waals surface area contributed by atoms with Gasteiger partial charge in [0.25, 0.3) is 10.0 Å². The summed E-state index contributed by atoms with van der Waals surface area (Å²) < 4.78 is 29.2. The van der Waals surface area contributed by atoms with Gasteiger partial charge in [-0.25, -0.2) is 8.42 Å². The Morgan fingerprint density at radius 3 is 2.14 bits per heavy atom. The number of nitrogens with zero attached hydrogens (tertiary/aromatic N) is 2. The maximum absolute atomic E-state index is 14.4. The molecule has 0 spiro atoms. The smallest absolute Gasteiger partial charge is 0.264 e. The maximum atomic E-state index is 14.4. The van der Waals surface area contributed by atoms with Crippen molar-refractivity contribution in [3.8, 4) is 0 Å². The van der Waals surface area contributed by atoms with Crippen LogP contribution in [0.3, 0.4) is 0 Å². The van der Waals surface area contributed by atoms with Crippen molar-refractivity contribution in [2.75, 3.05) is 17.9 Å². The van der Waals surface area contributed by atoms with E-state index in [4.69, 9.17) is 34.8 Å². The summed E-state index contributed by atoms with van der Waals surface area (Å²) in [6, 6.07) is 24.3. The summed E-state index contributed by atoms with van der Waals surface area (Å²) in [5.41, 5.74) is 3.19. The number of halogens is 3. The lowest BCUT2D eigenvalue weighted by atomic mass is 10.0. The minimum absolute atomic E-state index is 0.00651. The molecule has 0 heterocycles. The number of carbonyl (C=O) groups excluding carboxylic acids is 2. The van der Waals surface area contributed by atoms with Gasteiger partial charge in [-0.15, -0.1) is 0 Å². The third-order valence-electron chi connectivity index (χ3n) is 7.20. The molecule has 7 nitrogen and oxygen atoms in total. The van der Waals surface area contributed by atoms with Crippen LogP contribution in [0, 0.1) is 13.8 Å². The summed E-state index contributed by atoms with van der Waals surface area (Å²) in [6.07, 6.45) is 0.179. The van der Waals surface area contributed by atoms with E-state index in [0.717, 1.165) is 21.0 Å². The number of carbonyl (C=O) groups is 2. The molecule has 0 saturated carbocycles. The topological polar surface area (TPSA) is 86.8 Å². The van der Waals surface area contributed by atoms with E-state index >= 15 is 0 Å². The molecule has 1 atom stereocenters. The summed E-state index contributed by atoms with van der Waals surface area (Å²) >= 11 is 19.1. The molecule has 0 fully saturated rings. The van der Waals surface area contributed by atoms with Crippen LogP contribution >= 0.6 is 34.8 Å². The van der Waals surface area contributed by atoms with E-state index < -0.39 is 34.4 Å². The summed E-state index contributed by atoms with van der Waals surface area (Å²) in [5.74, 6) is -1.04. The number of hydrogen-bond acceptors (Lipinski definition) is 4. The Morgan fingerprint density at radius 1 is 0.841 bits per heavy atom. The molecule has 0 aliphatic heterocycles. The Labute approximate surface area is 273 Å². The molecule has 2 amide bonds. The molecule has 4 rings (SSSR count). The molecule has 0 aliphatic rings. The number of aryl methyl sites for hydroxylation is 2. The number of hydrogen-bond donors (Lipinski definition) is 1. The molecule has 0 saturated heterocycles. The second-order valence-electron chi connectivity index (χ2n) is 10.3. The maximum Gasteiger partial charge on any atom is 0.264 e. The van der Waals surface area contributed by atoms with Crippen LogP contribution in [-0.2, 0) is 32.6 Å². The molecule has 4 aromatic rings. The van der Waals surface area contributed by atoms with Crippen molar-refractivity contribution in [3.05, 3.63) is 128 Å². The molecule has 11 heteroatoms. The van der Waals surface area contributed by atoms with Crippen molar-refractivity contribution in [2.24, 2.45) is 0 Å². The Kier molecular flexibility index (Phi) is 11.0. The first-order valence-electron chi connectivity index (χ1n) is 13.7. The second kappa shape index (κ2) is 14.5. The lowest BCUT2D eigenvalue weighted by molar-refractivity contribution is -0.139. The van der Waals surface area contributed by atoms with E-state index in [1.807, 2.05) is 37.3 Å². The monoisotopic (exact) mass is 671 g/mol. The normalized spacial score (nSPS) is 12.0. The van der Waals surface area contributed by atoms with Crippen LogP contribution in [0.15, 0.2) is 95.9 Å². The fourth-order valence-corrected chi connectivity index (χ4v) is 6.71. The van der Waals surface area contributed by atoms with Gasteiger partial charge in [0.2, 0.25) is 11.8 Å². The van der Waals surface area contributed by atoms with Crippen LogP contribution in [0.25, 0.3) is 0 Å². The quantitative estimate of drug-likeness (QED) is 0.189. The number of amides is 2.